The number of anilines is 1. The molecule has 0 radical (unpaired) electrons. The molecule has 0 atom stereocenters. The van der Waals surface area contributed by atoms with Gasteiger partial charge in [-0.05, 0) is 49.3 Å². The molecule has 5 rings (SSSR count). The molecule has 9 heteroatoms. The Bertz CT molecular complexity index is 1090. The molecule has 2 aliphatic rings. The lowest BCUT2D eigenvalue weighted by Gasteiger charge is -2.11. The van der Waals surface area contributed by atoms with Crippen LogP contribution in [0.5, 0.6) is 0 Å². The third kappa shape index (κ3) is 4.99. The van der Waals surface area contributed by atoms with Gasteiger partial charge in [0.15, 0.2) is 5.16 Å². The van der Waals surface area contributed by atoms with Gasteiger partial charge < -0.3 is 15.2 Å². The molecular formula is C22H23N5O2S2. The number of nitrogens with zero attached hydrogens (tertiary/aromatic N) is 3. The maximum Gasteiger partial charge on any atom is 0.253 e. The van der Waals surface area contributed by atoms with Crippen molar-refractivity contribution in [3.63, 3.8) is 0 Å². The van der Waals surface area contributed by atoms with Crippen molar-refractivity contribution < 1.29 is 9.59 Å². The Balaban J connectivity index is 1.23. The monoisotopic (exact) mass is 453 g/mol. The third-order valence-electron chi connectivity index (χ3n) is 5.25. The topological polar surface area (TPSA) is 88.9 Å². The van der Waals surface area contributed by atoms with E-state index in [2.05, 4.69) is 36.8 Å². The number of rotatable bonds is 9. The number of thiophene rings is 1. The predicted octanol–water partition coefficient (Wildman–Crippen LogP) is 3.89. The van der Waals surface area contributed by atoms with Crippen LogP contribution in [0, 0.1) is 0 Å². The Morgan fingerprint density at radius 2 is 1.94 bits per heavy atom. The van der Waals surface area contributed by atoms with E-state index in [1.54, 1.807) is 29.5 Å². The van der Waals surface area contributed by atoms with E-state index in [4.69, 9.17) is 0 Å². The summed E-state index contributed by atoms with van der Waals surface area (Å²) in [7, 11) is 0. The number of carbonyl (C=O) groups is 2. The van der Waals surface area contributed by atoms with Crippen LogP contribution in [-0.2, 0) is 11.2 Å². The first kappa shape index (κ1) is 20.3. The van der Waals surface area contributed by atoms with Gasteiger partial charge in [0.2, 0.25) is 5.91 Å². The summed E-state index contributed by atoms with van der Waals surface area (Å²) in [4.78, 5) is 26.3. The molecule has 2 saturated carbocycles. The van der Waals surface area contributed by atoms with Crippen molar-refractivity contribution in [1.29, 1.82) is 0 Å². The lowest BCUT2D eigenvalue weighted by Crippen LogP contribution is -2.27. The molecule has 0 aliphatic heterocycles. The molecule has 160 valence electrons. The second-order valence-corrected chi connectivity index (χ2v) is 9.86. The Kier molecular flexibility index (Phi) is 5.78. The van der Waals surface area contributed by atoms with Crippen LogP contribution >= 0.6 is 23.1 Å². The second-order valence-electron chi connectivity index (χ2n) is 7.89. The first-order valence-electron chi connectivity index (χ1n) is 10.5. The Morgan fingerprint density at radius 1 is 1.10 bits per heavy atom. The number of para-hydroxylation sites is 1. The highest BCUT2D eigenvalue weighted by atomic mass is 32.2. The minimum Gasteiger partial charge on any atom is -0.349 e. The molecule has 0 unspecified atom stereocenters. The number of carbonyl (C=O) groups excluding carboxylic acids is 2. The molecule has 3 aromatic rings. The van der Waals surface area contributed by atoms with Gasteiger partial charge in [0.05, 0.1) is 17.0 Å². The molecule has 2 amide bonds. The molecule has 2 N–H and O–H groups in total. The van der Waals surface area contributed by atoms with Crippen molar-refractivity contribution in [3.05, 3.63) is 58.0 Å². The summed E-state index contributed by atoms with van der Waals surface area (Å²) in [5.41, 5.74) is 1.03. The lowest BCUT2D eigenvalue weighted by atomic mass is 10.1. The minimum absolute atomic E-state index is 0.141. The summed E-state index contributed by atoms with van der Waals surface area (Å²) >= 11 is 3.10. The molecular weight excluding hydrogens is 430 g/mol. The molecule has 1 aromatic carbocycles. The zero-order valence-corrected chi connectivity index (χ0v) is 18.5. The molecule has 7 nitrogen and oxygen atoms in total. The molecule has 0 spiro atoms. The van der Waals surface area contributed by atoms with E-state index in [1.165, 1.54) is 16.6 Å². The molecule has 2 aromatic heterocycles. The fraction of sp³-hybridized carbons (Fsp3) is 0.364. The summed E-state index contributed by atoms with van der Waals surface area (Å²) in [6.45, 7) is 0. The predicted molar refractivity (Wildman–Crippen MR) is 122 cm³/mol. The summed E-state index contributed by atoms with van der Waals surface area (Å²) in [5.74, 6) is 0.858. The number of hydrogen-bond acceptors (Lipinski definition) is 6. The number of aromatic nitrogens is 3. The second kappa shape index (κ2) is 8.84. The van der Waals surface area contributed by atoms with E-state index in [9.17, 15) is 9.59 Å². The zero-order valence-electron chi connectivity index (χ0n) is 16.9. The van der Waals surface area contributed by atoms with Gasteiger partial charge in [0.25, 0.3) is 5.91 Å². The molecule has 0 saturated heterocycles. The van der Waals surface area contributed by atoms with Crippen molar-refractivity contribution in [3.8, 4) is 0 Å². The van der Waals surface area contributed by atoms with Crippen LogP contribution in [0.25, 0.3) is 0 Å². The molecule has 2 aliphatic carbocycles. The van der Waals surface area contributed by atoms with Crippen LogP contribution < -0.4 is 10.6 Å². The smallest absolute Gasteiger partial charge is 0.253 e. The van der Waals surface area contributed by atoms with E-state index in [0.29, 0.717) is 17.3 Å². The summed E-state index contributed by atoms with van der Waals surface area (Å²) in [6, 6.07) is 12.0. The Morgan fingerprint density at radius 3 is 2.68 bits per heavy atom. The van der Waals surface area contributed by atoms with E-state index < -0.39 is 0 Å². The van der Waals surface area contributed by atoms with Crippen molar-refractivity contribution in [2.24, 2.45) is 0 Å². The van der Waals surface area contributed by atoms with Gasteiger partial charge in [-0.25, -0.2) is 0 Å². The van der Waals surface area contributed by atoms with Gasteiger partial charge in [0, 0.05) is 23.4 Å². The van der Waals surface area contributed by atoms with E-state index >= 15 is 0 Å². The zero-order chi connectivity index (χ0) is 21.2. The van der Waals surface area contributed by atoms with Crippen LogP contribution in [0.1, 0.15) is 52.8 Å². The lowest BCUT2D eigenvalue weighted by molar-refractivity contribution is -0.113. The van der Waals surface area contributed by atoms with Gasteiger partial charge >= 0.3 is 0 Å². The number of amides is 2. The average molecular weight is 454 g/mol. The third-order valence-corrected chi connectivity index (χ3v) is 7.07. The van der Waals surface area contributed by atoms with Gasteiger partial charge in [0.1, 0.15) is 5.82 Å². The highest BCUT2D eigenvalue weighted by Gasteiger charge is 2.30. The van der Waals surface area contributed by atoms with E-state index in [-0.39, 0.29) is 23.6 Å². The largest absolute Gasteiger partial charge is 0.349 e. The van der Waals surface area contributed by atoms with Crippen molar-refractivity contribution >= 4 is 40.6 Å². The van der Waals surface area contributed by atoms with Crippen molar-refractivity contribution in [2.75, 3.05) is 11.1 Å². The van der Waals surface area contributed by atoms with Crippen LogP contribution in [0.3, 0.4) is 0 Å². The van der Waals surface area contributed by atoms with Crippen molar-refractivity contribution in [1.82, 2.24) is 20.1 Å². The molecule has 31 heavy (non-hydrogen) atoms. The normalized spacial score (nSPS) is 15.6. The number of nitrogens with one attached hydrogen (secondary N) is 2. The van der Waals surface area contributed by atoms with Gasteiger partial charge in [-0.15, -0.1) is 21.5 Å². The first-order valence-corrected chi connectivity index (χ1v) is 12.3. The average Bonchev–Trinajstić information content (AvgIpc) is 3.69. The minimum atomic E-state index is -0.165. The maximum absolute atomic E-state index is 12.6. The standard InChI is InChI=1S/C22H23N5O2S2/c28-20(24-18-6-2-1-5-17(18)21(29)23-14-7-8-14)13-31-22-26-25-19(27(22)15-9-10-15)12-16-4-3-11-30-16/h1-6,11,14-15H,7-10,12-13H2,(H,23,29)(H,24,28). The number of benzene rings is 1. The highest BCUT2D eigenvalue weighted by molar-refractivity contribution is 7.99. The summed E-state index contributed by atoms with van der Waals surface area (Å²) < 4.78 is 2.19. The molecule has 2 heterocycles. The molecule has 0 bridgehead atoms. The Hall–Kier alpha value is -2.65. The fourth-order valence-electron chi connectivity index (χ4n) is 3.39. The maximum atomic E-state index is 12.6. The van der Waals surface area contributed by atoms with Crippen LogP contribution in [0.2, 0.25) is 0 Å². The van der Waals surface area contributed by atoms with Crippen LogP contribution in [-0.4, -0.2) is 38.4 Å². The summed E-state index contributed by atoms with van der Waals surface area (Å²) in [5, 5.41) is 17.5. The fourth-order valence-corrected chi connectivity index (χ4v) is 4.92. The van der Waals surface area contributed by atoms with Gasteiger partial charge in [-0.2, -0.15) is 0 Å². The van der Waals surface area contributed by atoms with Crippen LogP contribution in [0.4, 0.5) is 5.69 Å². The van der Waals surface area contributed by atoms with Gasteiger partial charge in [-0.1, -0.05) is 30.0 Å². The quantitative estimate of drug-likeness (QED) is 0.480. The van der Waals surface area contributed by atoms with Crippen LogP contribution in [0.15, 0.2) is 46.9 Å². The SMILES string of the molecule is O=C(CSc1nnc(Cc2cccs2)n1C1CC1)Nc1ccccc1C(=O)NC1CC1. The first-order chi connectivity index (χ1) is 15.2. The van der Waals surface area contributed by atoms with E-state index in [1.807, 2.05) is 12.1 Å². The highest BCUT2D eigenvalue weighted by Crippen LogP contribution is 2.39. The van der Waals surface area contributed by atoms with Crippen molar-refractivity contribution in [2.45, 2.75) is 49.3 Å². The number of thioether (sulfide) groups is 1. The number of hydrogen-bond donors (Lipinski definition) is 2. The molecule has 2 fully saturated rings. The Labute approximate surface area is 188 Å². The summed E-state index contributed by atoms with van der Waals surface area (Å²) in [6.07, 6.45) is 5.05. The van der Waals surface area contributed by atoms with Gasteiger partial charge in [-0.3, -0.25) is 9.59 Å². The van der Waals surface area contributed by atoms with E-state index in [0.717, 1.165) is 43.1 Å².